The molecule has 0 heterocycles. The fourth-order valence-electron chi connectivity index (χ4n) is 4.49. The second-order valence-corrected chi connectivity index (χ2v) is 11.6. The Morgan fingerprint density at radius 3 is 1.88 bits per heavy atom. The number of carbonyl (C=O) groups is 1. The standard InChI is InChI=1S/C31H50O3/c1-21(2)11-10-12-25(9)19-28(32)27-20-31(17-15-23(5)6,18-16-24(7)8)30(34)26(29(27)33)14-13-22(3)4/h13,15-16,21,25,33-34H,10-12,14,17-20H2,1-9H3. The van der Waals surface area contributed by atoms with Gasteiger partial charge in [-0.2, -0.15) is 0 Å². The zero-order valence-electron chi connectivity index (χ0n) is 23.3. The van der Waals surface area contributed by atoms with Gasteiger partial charge in [-0.15, -0.1) is 0 Å². The normalized spacial score (nSPS) is 16.4. The molecule has 3 nitrogen and oxygen atoms in total. The molecule has 2 N–H and O–H groups in total. The third-order valence-corrected chi connectivity index (χ3v) is 6.74. The highest BCUT2D eigenvalue weighted by atomic mass is 16.3. The molecule has 0 saturated carbocycles. The van der Waals surface area contributed by atoms with Crippen LogP contribution < -0.4 is 0 Å². The molecule has 0 amide bonds. The molecule has 0 saturated heterocycles. The van der Waals surface area contributed by atoms with Crippen LogP contribution in [0.3, 0.4) is 0 Å². The highest BCUT2D eigenvalue weighted by Gasteiger charge is 2.42. The maximum atomic E-state index is 13.5. The van der Waals surface area contributed by atoms with E-state index in [1.807, 2.05) is 19.9 Å². The zero-order valence-corrected chi connectivity index (χ0v) is 23.3. The Kier molecular flexibility index (Phi) is 12.1. The number of rotatable bonds is 13. The van der Waals surface area contributed by atoms with Gasteiger partial charge < -0.3 is 10.2 Å². The summed E-state index contributed by atoms with van der Waals surface area (Å²) in [7, 11) is 0. The van der Waals surface area contributed by atoms with Crippen molar-refractivity contribution >= 4 is 5.78 Å². The van der Waals surface area contributed by atoms with Crippen molar-refractivity contribution in [3.63, 3.8) is 0 Å². The average molecular weight is 471 g/mol. The minimum Gasteiger partial charge on any atom is -0.511 e. The average Bonchev–Trinajstić information content (AvgIpc) is 2.71. The zero-order chi connectivity index (χ0) is 26.1. The molecule has 192 valence electrons. The van der Waals surface area contributed by atoms with Gasteiger partial charge in [0, 0.05) is 23.0 Å². The van der Waals surface area contributed by atoms with Crippen molar-refractivity contribution in [3.8, 4) is 0 Å². The van der Waals surface area contributed by atoms with Crippen molar-refractivity contribution in [2.75, 3.05) is 0 Å². The summed E-state index contributed by atoms with van der Waals surface area (Å²) < 4.78 is 0. The highest BCUT2D eigenvalue weighted by molar-refractivity contribution is 5.97. The van der Waals surface area contributed by atoms with Gasteiger partial charge in [0.2, 0.25) is 0 Å². The quantitative estimate of drug-likeness (QED) is 0.263. The molecule has 0 spiro atoms. The van der Waals surface area contributed by atoms with Crippen LogP contribution in [0.5, 0.6) is 0 Å². The Balaban J connectivity index is 3.43. The summed E-state index contributed by atoms with van der Waals surface area (Å²) in [6.45, 7) is 18.8. The molecule has 0 aromatic carbocycles. The Labute approximate surface area is 209 Å². The van der Waals surface area contributed by atoms with E-state index in [4.69, 9.17) is 0 Å². The molecule has 1 unspecified atom stereocenters. The van der Waals surface area contributed by atoms with Crippen molar-refractivity contribution in [1.29, 1.82) is 0 Å². The second-order valence-electron chi connectivity index (χ2n) is 11.6. The number of hydrogen-bond donors (Lipinski definition) is 2. The molecular formula is C31H50O3. The number of ketones is 1. The maximum Gasteiger partial charge on any atom is 0.162 e. The van der Waals surface area contributed by atoms with Gasteiger partial charge in [-0.3, -0.25) is 4.79 Å². The molecule has 1 aliphatic rings. The first kappa shape index (κ1) is 30.0. The maximum absolute atomic E-state index is 13.5. The number of aliphatic hydroxyl groups is 2. The van der Waals surface area contributed by atoms with E-state index in [0.717, 1.165) is 18.4 Å². The predicted molar refractivity (Wildman–Crippen MR) is 146 cm³/mol. The van der Waals surface area contributed by atoms with E-state index in [9.17, 15) is 15.0 Å². The first-order valence-corrected chi connectivity index (χ1v) is 13.1. The van der Waals surface area contributed by atoms with Crippen molar-refractivity contribution in [1.82, 2.24) is 0 Å². The fourth-order valence-corrected chi connectivity index (χ4v) is 4.49. The van der Waals surface area contributed by atoms with Crippen molar-refractivity contribution < 1.29 is 15.0 Å². The van der Waals surface area contributed by atoms with Crippen molar-refractivity contribution in [2.24, 2.45) is 17.3 Å². The number of Topliss-reactive ketones (excluding diaryl/α,β-unsaturated/α-hetero) is 1. The van der Waals surface area contributed by atoms with Crippen LogP contribution in [0.1, 0.15) is 114 Å². The summed E-state index contributed by atoms with van der Waals surface area (Å²) in [6, 6.07) is 0. The molecule has 0 radical (unpaired) electrons. The molecule has 1 rings (SSSR count). The van der Waals surface area contributed by atoms with E-state index in [2.05, 4.69) is 60.6 Å². The molecule has 1 atom stereocenters. The fraction of sp³-hybridized carbons (Fsp3) is 0.645. The Morgan fingerprint density at radius 2 is 1.41 bits per heavy atom. The number of carbonyl (C=O) groups excluding carboxylic acids is 1. The lowest BCUT2D eigenvalue weighted by Gasteiger charge is -2.38. The summed E-state index contributed by atoms with van der Waals surface area (Å²) in [5, 5.41) is 22.7. The third kappa shape index (κ3) is 9.31. The van der Waals surface area contributed by atoms with Crippen LogP contribution in [0.2, 0.25) is 0 Å². The van der Waals surface area contributed by atoms with E-state index in [1.54, 1.807) is 0 Å². The molecule has 34 heavy (non-hydrogen) atoms. The summed E-state index contributed by atoms with van der Waals surface area (Å²) in [5.74, 6) is 1.20. The van der Waals surface area contributed by atoms with Gasteiger partial charge in [0.1, 0.15) is 11.5 Å². The lowest BCUT2D eigenvalue weighted by molar-refractivity contribution is -0.117. The van der Waals surface area contributed by atoms with Crippen molar-refractivity contribution in [2.45, 2.75) is 114 Å². The molecule has 0 aromatic heterocycles. The van der Waals surface area contributed by atoms with E-state index >= 15 is 0 Å². The Bertz CT molecular complexity index is 829. The van der Waals surface area contributed by atoms with E-state index in [-0.39, 0.29) is 23.2 Å². The lowest BCUT2D eigenvalue weighted by atomic mass is 9.67. The summed E-state index contributed by atoms with van der Waals surface area (Å²) in [6.07, 6.45) is 12.1. The first-order valence-electron chi connectivity index (χ1n) is 13.1. The van der Waals surface area contributed by atoms with Crippen LogP contribution >= 0.6 is 0 Å². The van der Waals surface area contributed by atoms with Gasteiger partial charge in [0.15, 0.2) is 5.78 Å². The summed E-state index contributed by atoms with van der Waals surface area (Å²) in [5.41, 5.74) is 3.87. The predicted octanol–water partition coefficient (Wildman–Crippen LogP) is 9.49. The van der Waals surface area contributed by atoms with Crippen LogP contribution in [0.15, 0.2) is 57.6 Å². The minimum absolute atomic E-state index is 0.000551. The molecule has 0 fully saturated rings. The first-order chi connectivity index (χ1) is 15.8. The SMILES string of the molecule is CC(C)=CCC1=C(O)C(CC=C(C)C)(CC=C(C)C)CC(C(=O)CC(C)CCCC(C)C)=C1O. The van der Waals surface area contributed by atoms with Crippen LogP contribution in [0, 0.1) is 17.3 Å². The van der Waals surface area contributed by atoms with E-state index < -0.39 is 5.41 Å². The molecule has 0 aromatic rings. The van der Waals surface area contributed by atoms with E-state index in [1.165, 1.54) is 17.6 Å². The largest absolute Gasteiger partial charge is 0.511 e. The van der Waals surface area contributed by atoms with Gasteiger partial charge in [-0.25, -0.2) is 0 Å². The lowest BCUT2D eigenvalue weighted by Crippen LogP contribution is -2.31. The van der Waals surface area contributed by atoms with E-state index in [0.29, 0.717) is 49.2 Å². The highest BCUT2D eigenvalue weighted by Crippen LogP contribution is 2.49. The number of allylic oxidation sites excluding steroid dienone is 9. The minimum atomic E-state index is -0.614. The number of hydrogen-bond acceptors (Lipinski definition) is 3. The van der Waals surface area contributed by atoms with Gasteiger partial charge in [-0.05, 0) is 79.1 Å². The smallest absolute Gasteiger partial charge is 0.162 e. The molecule has 0 bridgehead atoms. The van der Waals surface area contributed by atoms with Crippen LogP contribution in [-0.2, 0) is 4.79 Å². The topological polar surface area (TPSA) is 57.5 Å². The summed E-state index contributed by atoms with van der Waals surface area (Å²) in [4.78, 5) is 13.5. The number of aliphatic hydroxyl groups excluding tert-OH is 2. The van der Waals surface area contributed by atoms with Crippen LogP contribution in [-0.4, -0.2) is 16.0 Å². The Hall–Kier alpha value is -2.03. The molecule has 3 heteroatoms. The van der Waals surface area contributed by atoms with Gasteiger partial charge >= 0.3 is 0 Å². The molecule has 0 aliphatic heterocycles. The third-order valence-electron chi connectivity index (χ3n) is 6.74. The van der Waals surface area contributed by atoms with Gasteiger partial charge in [-0.1, -0.05) is 75.0 Å². The Morgan fingerprint density at radius 1 is 0.882 bits per heavy atom. The van der Waals surface area contributed by atoms with Crippen molar-refractivity contribution in [3.05, 3.63) is 57.6 Å². The van der Waals surface area contributed by atoms with Crippen LogP contribution in [0.25, 0.3) is 0 Å². The van der Waals surface area contributed by atoms with Gasteiger partial charge in [0.05, 0.1) is 0 Å². The second kappa shape index (κ2) is 13.8. The van der Waals surface area contributed by atoms with Crippen LogP contribution in [0.4, 0.5) is 0 Å². The summed E-state index contributed by atoms with van der Waals surface area (Å²) >= 11 is 0. The monoisotopic (exact) mass is 470 g/mol. The molecule has 1 aliphatic carbocycles. The van der Waals surface area contributed by atoms with Gasteiger partial charge in [0.25, 0.3) is 0 Å². The molecular weight excluding hydrogens is 420 g/mol.